The summed E-state index contributed by atoms with van der Waals surface area (Å²) in [5.41, 5.74) is 5.39. The van der Waals surface area contributed by atoms with Crippen LogP contribution in [0.4, 0.5) is 0 Å². The lowest BCUT2D eigenvalue weighted by Crippen LogP contribution is -2.37. The van der Waals surface area contributed by atoms with E-state index in [1.165, 1.54) is 0 Å². The molecule has 0 aliphatic heterocycles. The molecule has 1 amide bonds. The molecule has 6 nitrogen and oxygen atoms in total. The number of ether oxygens (including phenoxy) is 1. The summed E-state index contributed by atoms with van der Waals surface area (Å²) in [4.78, 5) is 25.8. The summed E-state index contributed by atoms with van der Waals surface area (Å²) in [5, 5.41) is 2.45. The molecule has 3 N–H and O–H groups in total. The van der Waals surface area contributed by atoms with E-state index in [0.29, 0.717) is 31.8 Å². The lowest BCUT2D eigenvalue weighted by atomic mass is 10.1. The van der Waals surface area contributed by atoms with Gasteiger partial charge in [-0.05, 0) is 33.1 Å². The summed E-state index contributed by atoms with van der Waals surface area (Å²) < 4.78 is 4.84. The van der Waals surface area contributed by atoms with Crippen molar-refractivity contribution >= 4 is 18.2 Å². The Morgan fingerprint density at radius 1 is 1.53 bits per heavy atom. The summed E-state index contributed by atoms with van der Waals surface area (Å²) in [6.07, 6.45) is 2.67. The summed E-state index contributed by atoms with van der Waals surface area (Å²) >= 11 is 0. The van der Waals surface area contributed by atoms with E-state index in [4.69, 9.17) is 10.5 Å². The van der Waals surface area contributed by atoms with Crippen molar-refractivity contribution in [2.45, 2.75) is 39.2 Å². The molecule has 0 aromatic carbocycles. The third-order valence-electron chi connectivity index (χ3n) is 2.10. The molecule has 0 saturated heterocycles. The molecular formula is C11H21N3O3. The summed E-state index contributed by atoms with van der Waals surface area (Å²) in [6.45, 7) is 4.41. The third kappa shape index (κ3) is 8.24. The predicted molar refractivity (Wildman–Crippen MR) is 65.6 cm³/mol. The number of rotatable bonds is 9. The van der Waals surface area contributed by atoms with Crippen LogP contribution in [0.15, 0.2) is 4.99 Å². The van der Waals surface area contributed by atoms with Gasteiger partial charge in [-0.1, -0.05) is 0 Å². The molecule has 0 aromatic rings. The fourth-order valence-electron chi connectivity index (χ4n) is 1.31. The summed E-state index contributed by atoms with van der Waals surface area (Å²) in [7, 11) is 0. The van der Waals surface area contributed by atoms with Gasteiger partial charge >= 0.3 is 5.97 Å². The number of hydrogen-bond acceptors (Lipinski definition) is 4. The highest BCUT2D eigenvalue weighted by Crippen LogP contribution is 2.03. The van der Waals surface area contributed by atoms with Gasteiger partial charge in [0.2, 0.25) is 6.41 Å². The Kier molecular flexibility index (Phi) is 8.72. The van der Waals surface area contributed by atoms with E-state index in [9.17, 15) is 9.59 Å². The van der Waals surface area contributed by atoms with Crippen molar-refractivity contribution in [3.8, 4) is 0 Å². The number of esters is 1. The van der Waals surface area contributed by atoms with Crippen LogP contribution >= 0.6 is 0 Å². The normalized spacial score (nSPS) is 12.9. The topological polar surface area (TPSA) is 93.8 Å². The maximum absolute atomic E-state index is 11.4. The van der Waals surface area contributed by atoms with Gasteiger partial charge in [-0.2, -0.15) is 0 Å². The lowest BCUT2D eigenvalue weighted by molar-refractivity contribution is -0.146. The first kappa shape index (κ1) is 15.4. The predicted octanol–water partition coefficient (Wildman–Crippen LogP) is 0.212. The number of nitrogens with zero attached hydrogens (tertiary/aromatic N) is 1. The van der Waals surface area contributed by atoms with Crippen molar-refractivity contribution in [2.24, 2.45) is 10.7 Å². The number of carbonyl (C=O) groups is 2. The van der Waals surface area contributed by atoms with E-state index in [-0.39, 0.29) is 0 Å². The highest BCUT2D eigenvalue weighted by atomic mass is 16.5. The van der Waals surface area contributed by atoms with Gasteiger partial charge in [-0.3, -0.25) is 9.79 Å². The molecule has 17 heavy (non-hydrogen) atoms. The minimum Gasteiger partial charge on any atom is -0.464 e. The highest BCUT2D eigenvalue weighted by Gasteiger charge is 2.17. The summed E-state index contributed by atoms with van der Waals surface area (Å²) in [6, 6.07) is -0.560. The minimum atomic E-state index is -0.560. The molecule has 0 radical (unpaired) electrons. The molecule has 0 heterocycles. The van der Waals surface area contributed by atoms with E-state index in [0.717, 1.165) is 12.8 Å². The van der Waals surface area contributed by atoms with Gasteiger partial charge in [-0.15, -0.1) is 0 Å². The number of nitrogens with two attached hydrogens (primary N) is 1. The zero-order valence-corrected chi connectivity index (χ0v) is 10.4. The molecule has 0 fully saturated rings. The average molecular weight is 243 g/mol. The second-order valence-corrected chi connectivity index (χ2v) is 3.61. The van der Waals surface area contributed by atoms with Crippen molar-refractivity contribution in [3.05, 3.63) is 0 Å². The Morgan fingerprint density at radius 2 is 2.24 bits per heavy atom. The number of nitrogens with one attached hydrogen (secondary N) is 1. The monoisotopic (exact) mass is 243 g/mol. The fraction of sp³-hybridized carbons (Fsp3) is 0.727. The molecule has 98 valence electrons. The molecule has 0 aliphatic rings. The van der Waals surface area contributed by atoms with Crippen LogP contribution in [-0.2, 0) is 14.3 Å². The molecular weight excluding hydrogens is 222 g/mol. The maximum atomic E-state index is 11.4. The Bertz CT molecular complexity index is 263. The second kappa shape index (κ2) is 9.62. The molecule has 0 bridgehead atoms. The van der Waals surface area contributed by atoms with Gasteiger partial charge in [-0.25, -0.2) is 4.79 Å². The minimum absolute atomic E-state index is 0.312. The number of amidine groups is 1. The first-order valence-electron chi connectivity index (χ1n) is 5.74. The molecule has 0 aliphatic carbocycles. The van der Waals surface area contributed by atoms with Crippen LogP contribution in [-0.4, -0.2) is 37.4 Å². The van der Waals surface area contributed by atoms with E-state index >= 15 is 0 Å². The molecule has 1 unspecified atom stereocenters. The van der Waals surface area contributed by atoms with Crippen LogP contribution in [0.25, 0.3) is 0 Å². The van der Waals surface area contributed by atoms with Gasteiger partial charge < -0.3 is 15.8 Å². The Hall–Kier alpha value is -1.59. The lowest BCUT2D eigenvalue weighted by Gasteiger charge is -2.13. The highest BCUT2D eigenvalue weighted by molar-refractivity contribution is 5.78. The molecule has 0 saturated carbocycles. The first-order chi connectivity index (χ1) is 8.11. The molecule has 0 spiro atoms. The maximum Gasteiger partial charge on any atom is 0.328 e. The molecule has 6 heteroatoms. The SMILES string of the molecule is CCOC(=O)C(CCCCN=C(C)N)NC=O. The standard InChI is InChI=1S/C11H21N3O3/c1-3-17-11(16)10(14-8-15)6-4-5-7-13-9(2)12/h8,10H,3-7H2,1-2H3,(H2,12,13)(H,14,15). The number of amides is 1. The van der Waals surface area contributed by atoms with E-state index in [2.05, 4.69) is 10.3 Å². The number of aliphatic imine (C=N–C) groups is 1. The van der Waals surface area contributed by atoms with Crippen molar-refractivity contribution in [1.82, 2.24) is 5.32 Å². The zero-order chi connectivity index (χ0) is 13.1. The van der Waals surface area contributed by atoms with Crippen LogP contribution in [0.5, 0.6) is 0 Å². The summed E-state index contributed by atoms with van der Waals surface area (Å²) in [5.74, 6) is 0.163. The first-order valence-corrected chi connectivity index (χ1v) is 5.74. The van der Waals surface area contributed by atoms with Crippen molar-refractivity contribution in [1.29, 1.82) is 0 Å². The third-order valence-corrected chi connectivity index (χ3v) is 2.10. The van der Waals surface area contributed by atoms with Gasteiger partial charge in [0.25, 0.3) is 0 Å². The smallest absolute Gasteiger partial charge is 0.328 e. The van der Waals surface area contributed by atoms with Gasteiger partial charge in [0.05, 0.1) is 12.4 Å². The quantitative estimate of drug-likeness (QED) is 0.199. The van der Waals surface area contributed by atoms with Gasteiger partial charge in [0.15, 0.2) is 0 Å². The average Bonchev–Trinajstić information content (AvgIpc) is 2.27. The Morgan fingerprint density at radius 3 is 2.76 bits per heavy atom. The second-order valence-electron chi connectivity index (χ2n) is 3.61. The zero-order valence-electron chi connectivity index (χ0n) is 10.4. The van der Waals surface area contributed by atoms with Crippen LogP contribution < -0.4 is 11.1 Å². The Balaban J connectivity index is 3.88. The largest absolute Gasteiger partial charge is 0.464 e. The fourth-order valence-corrected chi connectivity index (χ4v) is 1.31. The Labute approximate surface area is 102 Å². The van der Waals surface area contributed by atoms with E-state index in [1.807, 2.05) is 0 Å². The van der Waals surface area contributed by atoms with Crippen LogP contribution in [0.3, 0.4) is 0 Å². The van der Waals surface area contributed by atoms with Gasteiger partial charge in [0, 0.05) is 6.54 Å². The van der Waals surface area contributed by atoms with Crippen molar-refractivity contribution < 1.29 is 14.3 Å². The number of unbranched alkanes of at least 4 members (excludes halogenated alkanes) is 1. The van der Waals surface area contributed by atoms with Crippen LogP contribution in [0.2, 0.25) is 0 Å². The van der Waals surface area contributed by atoms with Crippen LogP contribution in [0, 0.1) is 0 Å². The van der Waals surface area contributed by atoms with Crippen LogP contribution in [0.1, 0.15) is 33.1 Å². The van der Waals surface area contributed by atoms with Crippen molar-refractivity contribution in [2.75, 3.05) is 13.2 Å². The van der Waals surface area contributed by atoms with E-state index in [1.54, 1.807) is 13.8 Å². The van der Waals surface area contributed by atoms with Crippen molar-refractivity contribution in [3.63, 3.8) is 0 Å². The number of hydrogen-bond donors (Lipinski definition) is 2. The van der Waals surface area contributed by atoms with E-state index < -0.39 is 12.0 Å². The number of carbonyl (C=O) groups excluding carboxylic acids is 2. The van der Waals surface area contributed by atoms with Gasteiger partial charge in [0.1, 0.15) is 6.04 Å². The molecule has 0 aromatic heterocycles. The molecule has 1 atom stereocenters. The molecule has 0 rings (SSSR count).